The molecule has 0 aliphatic carbocycles. The molecule has 0 aliphatic heterocycles. The number of carboxylic acid groups (broad SMARTS) is 1. The molecule has 6 heteroatoms. The lowest BCUT2D eigenvalue weighted by Crippen LogP contribution is -2.40. The number of carbonyl (C=O) groups excluding carboxylic acids is 1. The molecule has 1 atom stereocenters. The minimum atomic E-state index is -1.09. The van der Waals surface area contributed by atoms with E-state index in [0.29, 0.717) is 0 Å². The monoisotopic (exact) mass is 349 g/mol. The number of carboxylic acids is 1. The van der Waals surface area contributed by atoms with Crippen molar-refractivity contribution in [3.05, 3.63) is 27.3 Å². The molecule has 0 radical (unpaired) electrons. The van der Waals surface area contributed by atoms with E-state index < -0.39 is 17.9 Å². The van der Waals surface area contributed by atoms with E-state index in [4.69, 9.17) is 5.11 Å². The fourth-order valence-corrected chi connectivity index (χ4v) is 1.76. The van der Waals surface area contributed by atoms with Gasteiger partial charge < -0.3 is 15.5 Å². The Bertz CT molecular complexity index is 447. The zero-order valence-corrected chi connectivity index (χ0v) is 11.3. The predicted octanol–water partition coefficient (Wildman–Crippen LogP) is 1.59. The van der Waals surface area contributed by atoms with Crippen LogP contribution in [0.2, 0.25) is 0 Å². The first-order valence-corrected chi connectivity index (χ1v) is 6.05. The Labute approximate surface area is 112 Å². The van der Waals surface area contributed by atoms with Crippen LogP contribution in [0.5, 0.6) is 5.75 Å². The zero-order valence-electron chi connectivity index (χ0n) is 9.11. The van der Waals surface area contributed by atoms with Crippen LogP contribution in [0.4, 0.5) is 0 Å². The fraction of sp³-hybridized carbons (Fsp3) is 0.273. The first-order valence-electron chi connectivity index (χ1n) is 4.98. The van der Waals surface area contributed by atoms with Crippen molar-refractivity contribution in [3.63, 3.8) is 0 Å². The summed E-state index contributed by atoms with van der Waals surface area (Å²) in [6.07, 6.45) is 0.283. The molecule has 3 N–H and O–H groups in total. The summed E-state index contributed by atoms with van der Waals surface area (Å²) >= 11 is 2.00. The highest BCUT2D eigenvalue weighted by Crippen LogP contribution is 2.19. The van der Waals surface area contributed by atoms with Gasteiger partial charge in [-0.05, 0) is 47.2 Å². The summed E-state index contributed by atoms with van der Waals surface area (Å²) < 4.78 is 0.786. The number of aromatic hydroxyl groups is 1. The lowest BCUT2D eigenvalue weighted by molar-refractivity contribution is -0.139. The molecule has 0 heterocycles. The van der Waals surface area contributed by atoms with Gasteiger partial charge in [0.15, 0.2) is 0 Å². The molecule has 0 fully saturated rings. The SMILES string of the molecule is CC[C@@H](NC(=O)c1cc(I)ccc1O)C(=O)O. The van der Waals surface area contributed by atoms with Gasteiger partial charge in [0, 0.05) is 3.57 Å². The van der Waals surface area contributed by atoms with Crippen LogP contribution >= 0.6 is 22.6 Å². The van der Waals surface area contributed by atoms with Gasteiger partial charge in [0.25, 0.3) is 5.91 Å². The van der Waals surface area contributed by atoms with Crippen LogP contribution in [0.3, 0.4) is 0 Å². The van der Waals surface area contributed by atoms with Crippen LogP contribution in [0.1, 0.15) is 23.7 Å². The van der Waals surface area contributed by atoms with Crippen LogP contribution in [0.25, 0.3) is 0 Å². The van der Waals surface area contributed by atoms with Gasteiger partial charge in [0.1, 0.15) is 11.8 Å². The van der Waals surface area contributed by atoms with Crippen molar-refractivity contribution in [2.45, 2.75) is 19.4 Å². The van der Waals surface area contributed by atoms with Crippen molar-refractivity contribution < 1.29 is 19.8 Å². The van der Waals surface area contributed by atoms with Crippen molar-refractivity contribution in [2.24, 2.45) is 0 Å². The molecule has 0 saturated carbocycles. The Morgan fingerprint density at radius 1 is 1.47 bits per heavy atom. The second-order valence-electron chi connectivity index (χ2n) is 3.43. The standard InChI is InChI=1S/C11H12INO4/c1-2-8(11(16)17)13-10(15)7-5-6(12)3-4-9(7)14/h3-5,8,14H,2H2,1H3,(H,13,15)(H,16,17)/t8-/m1/s1. The number of amides is 1. The Balaban J connectivity index is 2.89. The quantitative estimate of drug-likeness (QED) is 0.721. The molecule has 0 aromatic heterocycles. The van der Waals surface area contributed by atoms with Gasteiger partial charge in [-0.2, -0.15) is 0 Å². The lowest BCUT2D eigenvalue weighted by Gasteiger charge is -2.13. The highest BCUT2D eigenvalue weighted by Gasteiger charge is 2.20. The van der Waals surface area contributed by atoms with Crippen LogP contribution in [0, 0.1) is 3.57 Å². The molecule has 1 aromatic carbocycles. The molecule has 1 amide bonds. The van der Waals surface area contributed by atoms with Crippen LogP contribution in [-0.4, -0.2) is 28.1 Å². The second-order valence-corrected chi connectivity index (χ2v) is 4.68. The second kappa shape index (κ2) is 5.85. The molecule has 0 unspecified atom stereocenters. The van der Waals surface area contributed by atoms with Gasteiger partial charge in [0.2, 0.25) is 0 Å². The normalized spacial score (nSPS) is 11.9. The molecule has 0 aliphatic rings. The number of phenols is 1. The zero-order chi connectivity index (χ0) is 13.0. The van der Waals surface area contributed by atoms with E-state index in [2.05, 4.69) is 5.32 Å². The third-order valence-electron chi connectivity index (χ3n) is 2.21. The number of nitrogens with one attached hydrogen (secondary N) is 1. The number of phenolic OH excluding ortho intramolecular Hbond substituents is 1. The molecule has 1 aromatic rings. The number of hydrogen-bond acceptors (Lipinski definition) is 3. The summed E-state index contributed by atoms with van der Waals surface area (Å²) in [5, 5.41) is 20.7. The molecule has 5 nitrogen and oxygen atoms in total. The van der Waals surface area contributed by atoms with Crippen molar-refractivity contribution in [1.29, 1.82) is 0 Å². The van der Waals surface area contributed by atoms with Gasteiger partial charge in [0.05, 0.1) is 5.56 Å². The molecule has 0 spiro atoms. The smallest absolute Gasteiger partial charge is 0.326 e. The number of benzene rings is 1. The summed E-state index contributed by atoms with van der Waals surface area (Å²) in [6, 6.07) is 3.61. The van der Waals surface area contributed by atoms with Gasteiger partial charge in [-0.3, -0.25) is 4.79 Å². The van der Waals surface area contributed by atoms with E-state index in [1.807, 2.05) is 22.6 Å². The van der Waals surface area contributed by atoms with E-state index in [1.54, 1.807) is 13.0 Å². The number of carbonyl (C=O) groups is 2. The lowest BCUT2D eigenvalue weighted by atomic mass is 10.1. The predicted molar refractivity (Wildman–Crippen MR) is 70.0 cm³/mol. The van der Waals surface area contributed by atoms with Crippen molar-refractivity contribution >= 4 is 34.5 Å². The molecule has 92 valence electrons. The Morgan fingerprint density at radius 3 is 2.65 bits per heavy atom. The van der Waals surface area contributed by atoms with Crippen LogP contribution < -0.4 is 5.32 Å². The Morgan fingerprint density at radius 2 is 2.12 bits per heavy atom. The van der Waals surface area contributed by atoms with Gasteiger partial charge in [-0.25, -0.2) is 4.79 Å². The Hall–Kier alpha value is -1.31. The largest absolute Gasteiger partial charge is 0.507 e. The van der Waals surface area contributed by atoms with Crippen molar-refractivity contribution in [3.8, 4) is 5.75 Å². The average Bonchev–Trinajstić information content (AvgIpc) is 2.28. The Kier molecular flexibility index (Phi) is 4.73. The van der Waals surface area contributed by atoms with Gasteiger partial charge in [-0.1, -0.05) is 6.92 Å². The number of aliphatic carboxylic acids is 1. The summed E-state index contributed by atoms with van der Waals surface area (Å²) in [5.41, 5.74) is 0.0802. The molecular weight excluding hydrogens is 337 g/mol. The first-order chi connectivity index (χ1) is 7.95. The number of rotatable bonds is 4. The van der Waals surface area contributed by atoms with Crippen LogP contribution in [0.15, 0.2) is 18.2 Å². The van der Waals surface area contributed by atoms with E-state index in [-0.39, 0.29) is 17.7 Å². The minimum Gasteiger partial charge on any atom is -0.507 e. The third kappa shape index (κ3) is 3.58. The van der Waals surface area contributed by atoms with Crippen molar-refractivity contribution in [1.82, 2.24) is 5.32 Å². The van der Waals surface area contributed by atoms with E-state index in [0.717, 1.165) is 3.57 Å². The molecule has 17 heavy (non-hydrogen) atoms. The fourth-order valence-electron chi connectivity index (χ4n) is 1.26. The summed E-state index contributed by atoms with van der Waals surface area (Å²) in [6.45, 7) is 1.66. The molecule has 0 saturated heterocycles. The molecule has 0 bridgehead atoms. The topological polar surface area (TPSA) is 86.6 Å². The average molecular weight is 349 g/mol. The summed E-state index contributed by atoms with van der Waals surface area (Å²) in [5.74, 6) is -1.84. The number of halogens is 1. The third-order valence-corrected chi connectivity index (χ3v) is 2.89. The number of hydrogen-bond donors (Lipinski definition) is 3. The first kappa shape index (κ1) is 13.8. The van der Waals surface area contributed by atoms with E-state index in [9.17, 15) is 14.7 Å². The van der Waals surface area contributed by atoms with E-state index >= 15 is 0 Å². The minimum absolute atomic E-state index is 0.0802. The maximum Gasteiger partial charge on any atom is 0.326 e. The highest BCUT2D eigenvalue weighted by atomic mass is 127. The van der Waals surface area contributed by atoms with Crippen LogP contribution in [-0.2, 0) is 4.79 Å². The highest BCUT2D eigenvalue weighted by molar-refractivity contribution is 14.1. The maximum atomic E-state index is 11.8. The van der Waals surface area contributed by atoms with E-state index in [1.165, 1.54) is 12.1 Å². The van der Waals surface area contributed by atoms with Crippen molar-refractivity contribution in [2.75, 3.05) is 0 Å². The summed E-state index contributed by atoms with van der Waals surface area (Å²) in [4.78, 5) is 22.5. The van der Waals surface area contributed by atoms with Gasteiger partial charge in [-0.15, -0.1) is 0 Å². The molecule has 1 rings (SSSR count). The molecular formula is C11H12INO4. The van der Waals surface area contributed by atoms with Gasteiger partial charge >= 0.3 is 5.97 Å². The maximum absolute atomic E-state index is 11.8. The summed E-state index contributed by atoms with van der Waals surface area (Å²) in [7, 11) is 0.